The van der Waals surface area contributed by atoms with E-state index < -0.39 is 0 Å². The molecule has 116 valence electrons. The van der Waals surface area contributed by atoms with Gasteiger partial charge in [0.15, 0.2) is 0 Å². The van der Waals surface area contributed by atoms with Crippen LogP contribution in [0, 0.1) is 11.8 Å². The minimum Gasteiger partial charge on any atom is -0.306 e. The van der Waals surface area contributed by atoms with Crippen LogP contribution < -0.4 is 0 Å². The monoisotopic (exact) mass is 270 g/mol. The molecular formula is C17H38N2. The van der Waals surface area contributed by atoms with Crippen molar-refractivity contribution in [3.8, 4) is 0 Å². The van der Waals surface area contributed by atoms with Crippen LogP contribution in [-0.4, -0.2) is 49.6 Å². The lowest BCUT2D eigenvalue weighted by molar-refractivity contribution is 0.0607. The number of hydrogen-bond donors (Lipinski definition) is 0. The summed E-state index contributed by atoms with van der Waals surface area (Å²) in [5.41, 5.74) is 0. The van der Waals surface area contributed by atoms with Crippen LogP contribution in [0.5, 0.6) is 0 Å². The lowest BCUT2D eigenvalue weighted by Gasteiger charge is -2.42. The summed E-state index contributed by atoms with van der Waals surface area (Å²) in [6.07, 6.45) is 5.66. The Kier molecular flexibility index (Phi) is 11.7. The van der Waals surface area contributed by atoms with Gasteiger partial charge in [-0.15, -0.1) is 0 Å². The van der Waals surface area contributed by atoms with Crippen molar-refractivity contribution in [2.24, 2.45) is 11.8 Å². The molecule has 0 aromatic heterocycles. The lowest BCUT2D eigenvalue weighted by atomic mass is 9.90. The summed E-state index contributed by atoms with van der Waals surface area (Å²) in [5, 5.41) is 0. The predicted molar refractivity (Wildman–Crippen MR) is 87.8 cm³/mol. The Hall–Kier alpha value is -0.0800. The van der Waals surface area contributed by atoms with Gasteiger partial charge in [0, 0.05) is 19.6 Å². The van der Waals surface area contributed by atoms with E-state index in [0.29, 0.717) is 0 Å². The van der Waals surface area contributed by atoms with E-state index in [2.05, 4.69) is 23.8 Å². The van der Waals surface area contributed by atoms with Gasteiger partial charge in [-0.05, 0) is 51.2 Å². The summed E-state index contributed by atoms with van der Waals surface area (Å²) in [5.74, 6) is 2.02. The average Bonchev–Trinajstić information content (AvgIpc) is 2.43. The third-order valence-electron chi connectivity index (χ3n) is 4.08. The maximum absolute atomic E-state index is 2.68. The Morgan fingerprint density at radius 1 is 0.895 bits per heavy atom. The largest absolute Gasteiger partial charge is 0.306 e. The Labute approximate surface area is 122 Å². The summed E-state index contributed by atoms with van der Waals surface area (Å²) in [6, 6.07) is 0. The fraction of sp³-hybridized carbons (Fsp3) is 1.00. The molecule has 0 radical (unpaired) electrons. The molecule has 0 atom stereocenters. The zero-order chi connectivity index (χ0) is 14.7. The lowest BCUT2D eigenvalue weighted by Crippen LogP contribution is -2.49. The van der Waals surface area contributed by atoms with E-state index in [1.807, 2.05) is 27.7 Å². The second-order valence-corrected chi connectivity index (χ2v) is 5.62. The zero-order valence-electron chi connectivity index (χ0n) is 14.4. The van der Waals surface area contributed by atoms with Gasteiger partial charge in [0.05, 0.1) is 0 Å². The number of likely N-dealkylation sites (tertiary alicyclic amines) is 2. The van der Waals surface area contributed by atoms with E-state index in [4.69, 9.17) is 0 Å². The van der Waals surface area contributed by atoms with Crippen LogP contribution in [0.25, 0.3) is 0 Å². The molecule has 0 N–H and O–H groups in total. The Morgan fingerprint density at radius 3 is 1.89 bits per heavy atom. The maximum atomic E-state index is 2.68. The molecule has 2 nitrogen and oxygen atoms in total. The highest BCUT2D eigenvalue weighted by Gasteiger charge is 2.28. The van der Waals surface area contributed by atoms with E-state index >= 15 is 0 Å². The quantitative estimate of drug-likeness (QED) is 0.758. The standard InChI is InChI=1S/C13H26N2.2C2H6/c1-3-4-13-10-15(11-13)9-12-5-7-14(2)8-6-12;2*1-2/h12-13H,3-11H2,1-2H3;2*1-2H3. The third-order valence-corrected chi connectivity index (χ3v) is 4.08. The first-order chi connectivity index (χ1) is 9.28. The summed E-state index contributed by atoms with van der Waals surface area (Å²) < 4.78 is 0. The minimum atomic E-state index is 0.990. The van der Waals surface area contributed by atoms with Gasteiger partial charge in [0.1, 0.15) is 0 Å². The molecule has 19 heavy (non-hydrogen) atoms. The molecule has 2 aliphatic rings. The second-order valence-electron chi connectivity index (χ2n) is 5.62. The molecule has 0 aliphatic carbocycles. The SMILES string of the molecule is CC.CC.CCCC1CN(CC2CCN(C)CC2)C1. The molecule has 2 heteroatoms. The molecule has 2 saturated heterocycles. The zero-order valence-corrected chi connectivity index (χ0v) is 14.4. The smallest absolute Gasteiger partial charge is 0.00221 e. The van der Waals surface area contributed by atoms with E-state index in [0.717, 1.165) is 11.8 Å². The van der Waals surface area contributed by atoms with Gasteiger partial charge in [-0.3, -0.25) is 0 Å². The molecule has 2 rings (SSSR count). The van der Waals surface area contributed by atoms with Gasteiger partial charge >= 0.3 is 0 Å². The van der Waals surface area contributed by atoms with E-state index in [9.17, 15) is 0 Å². The first kappa shape index (κ1) is 18.9. The molecule has 0 unspecified atom stereocenters. The summed E-state index contributed by atoms with van der Waals surface area (Å²) in [4.78, 5) is 5.14. The van der Waals surface area contributed by atoms with Crippen LogP contribution >= 0.6 is 0 Å². The van der Waals surface area contributed by atoms with Crippen LogP contribution in [0.2, 0.25) is 0 Å². The van der Waals surface area contributed by atoms with Gasteiger partial charge in [-0.1, -0.05) is 41.0 Å². The van der Waals surface area contributed by atoms with Crippen molar-refractivity contribution in [1.29, 1.82) is 0 Å². The highest BCUT2D eigenvalue weighted by molar-refractivity contribution is 4.82. The number of hydrogen-bond acceptors (Lipinski definition) is 2. The van der Waals surface area contributed by atoms with Crippen molar-refractivity contribution in [1.82, 2.24) is 9.80 Å². The first-order valence-corrected chi connectivity index (χ1v) is 8.68. The minimum absolute atomic E-state index is 0.990. The van der Waals surface area contributed by atoms with Crippen molar-refractivity contribution < 1.29 is 0 Å². The number of rotatable bonds is 4. The van der Waals surface area contributed by atoms with Crippen LogP contribution in [-0.2, 0) is 0 Å². The topological polar surface area (TPSA) is 6.48 Å². The van der Waals surface area contributed by atoms with Crippen molar-refractivity contribution >= 4 is 0 Å². The van der Waals surface area contributed by atoms with Crippen LogP contribution in [0.3, 0.4) is 0 Å². The number of piperidine rings is 1. The molecule has 0 aromatic rings. The van der Waals surface area contributed by atoms with Gasteiger partial charge in [0.25, 0.3) is 0 Å². The van der Waals surface area contributed by atoms with Crippen LogP contribution in [0.4, 0.5) is 0 Å². The normalized spacial score (nSPS) is 21.8. The van der Waals surface area contributed by atoms with Crippen LogP contribution in [0.1, 0.15) is 60.3 Å². The maximum Gasteiger partial charge on any atom is 0.00221 e. The third kappa shape index (κ3) is 7.31. The van der Waals surface area contributed by atoms with E-state index in [-0.39, 0.29) is 0 Å². The fourth-order valence-corrected chi connectivity index (χ4v) is 3.03. The molecule has 2 heterocycles. The second kappa shape index (κ2) is 11.7. The van der Waals surface area contributed by atoms with Crippen molar-refractivity contribution in [2.75, 3.05) is 39.8 Å². The Balaban J connectivity index is 0.000000741. The van der Waals surface area contributed by atoms with Gasteiger partial charge in [-0.25, -0.2) is 0 Å². The van der Waals surface area contributed by atoms with Crippen molar-refractivity contribution in [3.05, 3.63) is 0 Å². The van der Waals surface area contributed by atoms with Gasteiger partial charge < -0.3 is 9.80 Å². The molecule has 0 amide bonds. The Morgan fingerprint density at radius 2 is 1.42 bits per heavy atom. The number of nitrogens with zero attached hydrogens (tertiary/aromatic N) is 2. The highest BCUT2D eigenvalue weighted by Crippen LogP contribution is 2.24. The summed E-state index contributed by atoms with van der Waals surface area (Å²) in [6.45, 7) is 17.1. The predicted octanol–water partition coefficient (Wildman–Crippen LogP) is 4.11. The van der Waals surface area contributed by atoms with Crippen molar-refractivity contribution in [3.63, 3.8) is 0 Å². The Bertz CT molecular complexity index is 180. The molecule has 0 aromatic carbocycles. The molecule has 2 fully saturated rings. The van der Waals surface area contributed by atoms with Gasteiger partial charge in [-0.2, -0.15) is 0 Å². The first-order valence-electron chi connectivity index (χ1n) is 8.68. The average molecular weight is 271 g/mol. The summed E-state index contributed by atoms with van der Waals surface area (Å²) in [7, 11) is 2.25. The van der Waals surface area contributed by atoms with Gasteiger partial charge in [0.2, 0.25) is 0 Å². The van der Waals surface area contributed by atoms with E-state index in [1.54, 1.807) is 0 Å². The highest BCUT2D eigenvalue weighted by atomic mass is 15.2. The van der Waals surface area contributed by atoms with Crippen molar-refractivity contribution in [2.45, 2.75) is 60.3 Å². The van der Waals surface area contributed by atoms with Crippen LogP contribution in [0.15, 0.2) is 0 Å². The molecule has 2 aliphatic heterocycles. The molecule has 0 saturated carbocycles. The summed E-state index contributed by atoms with van der Waals surface area (Å²) >= 11 is 0. The fourth-order valence-electron chi connectivity index (χ4n) is 3.03. The van der Waals surface area contributed by atoms with E-state index in [1.165, 1.54) is 58.4 Å². The molecule has 0 bridgehead atoms. The molecule has 0 spiro atoms. The molecular weight excluding hydrogens is 232 g/mol.